The Balaban J connectivity index is 1.62. The number of amides is 1. The fraction of sp³-hybridized carbons (Fsp3) is 0.222. The van der Waals surface area contributed by atoms with Crippen molar-refractivity contribution < 1.29 is 13.6 Å². The van der Waals surface area contributed by atoms with Gasteiger partial charge in [0.2, 0.25) is 11.9 Å². The average molecular weight is 527 g/mol. The van der Waals surface area contributed by atoms with E-state index in [9.17, 15) is 9.18 Å². The number of fused-ring (bicyclic) bond motifs is 1. The number of carbonyl (C=O) groups is 1. The summed E-state index contributed by atoms with van der Waals surface area (Å²) in [6.07, 6.45) is 1.52. The number of anilines is 2. The molecule has 1 heterocycles. The summed E-state index contributed by atoms with van der Waals surface area (Å²) in [5.74, 6) is -1.44. The smallest absolute Gasteiger partial charge is 0.232 e. The van der Waals surface area contributed by atoms with E-state index in [-0.39, 0.29) is 23.1 Å². The molecule has 186 valence electrons. The van der Waals surface area contributed by atoms with Crippen LogP contribution >= 0.6 is 23.5 Å². The Kier molecular flexibility index (Phi) is 7.20. The van der Waals surface area contributed by atoms with Crippen LogP contribution < -0.4 is 10.0 Å². The fourth-order valence-corrected chi connectivity index (χ4v) is 4.46. The lowest BCUT2D eigenvalue weighted by atomic mass is 9.96. The van der Waals surface area contributed by atoms with Crippen LogP contribution in [0.4, 0.5) is 20.4 Å². The third-order valence-electron chi connectivity index (χ3n) is 5.59. The highest BCUT2D eigenvalue weighted by Gasteiger charge is 2.22. The summed E-state index contributed by atoms with van der Waals surface area (Å²) in [4.78, 5) is 21.7. The van der Waals surface area contributed by atoms with Crippen LogP contribution in [0.3, 0.4) is 0 Å². The highest BCUT2D eigenvalue weighted by atomic mass is 35.5. The number of nitrogens with zero attached hydrogens (tertiary/aromatic N) is 2. The van der Waals surface area contributed by atoms with E-state index in [0.717, 1.165) is 16.0 Å². The van der Waals surface area contributed by atoms with Crippen molar-refractivity contribution in [2.75, 3.05) is 10.0 Å². The Morgan fingerprint density at radius 3 is 2.50 bits per heavy atom. The van der Waals surface area contributed by atoms with Crippen LogP contribution in [-0.4, -0.2) is 15.9 Å². The van der Waals surface area contributed by atoms with E-state index in [0.29, 0.717) is 21.5 Å². The van der Waals surface area contributed by atoms with Gasteiger partial charge in [-0.3, -0.25) is 10.1 Å². The zero-order valence-electron chi connectivity index (χ0n) is 20.5. The summed E-state index contributed by atoms with van der Waals surface area (Å²) in [6.45, 7) is 9.18. The van der Waals surface area contributed by atoms with Crippen molar-refractivity contribution in [3.8, 4) is 11.1 Å². The molecule has 5 nitrogen and oxygen atoms in total. The molecule has 4 aromatic rings. The number of nitrogens with one attached hydrogen (secondary N) is 2. The number of aromatic nitrogens is 2. The fourth-order valence-electron chi connectivity index (χ4n) is 3.41. The first kappa shape index (κ1) is 25.9. The van der Waals surface area contributed by atoms with Crippen molar-refractivity contribution in [1.82, 2.24) is 9.97 Å². The number of hydrogen-bond donors (Lipinski definition) is 2. The van der Waals surface area contributed by atoms with E-state index in [1.165, 1.54) is 30.3 Å². The van der Waals surface area contributed by atoms with E-state index < -0.39 is 17.0 Å². The van der Waals surface area contributed by atoms with Gasteiger partial charge in [-0.2, -0.15) is 0 Å². The van der Waals surface area contributed by atoms with Crippen LogP contribution in [0.2, 0.25) is 5.02 Å². The van der Waals surface area contributed by atoms with Gasteiger partial charge in [-0.1, -0.05) is 38.4 Å². The number of carbonyl (C=O) groups excluding carboxylic acids is 1. The van der Waals surface area contributed by atoms with E-state index >= 15 is 4.39 Å². The van der Waals surface area contributed by atoms with Gasteiger partial charge in [-0.25, -0.2) is 18.7 Å². The summed E-state index contributed by atoms with van der Waals surface area (Å²) in [5.41, 5.74) is 2.14. The summed E-state index contributed by atoms with van der Waals surface area (Å²) >= 11 is 7.40. The van der Waals surface area contributed by atoms with Gasteiger partial charge in [0.05, 0.1) is 16.8 Å². The lowest BCUT2D eigenvalue weighted by Crippen LogP contribution is -2.28. The first-order valence-corrected chi connectivity index (χ1v) is 12.4. The summed E-state index contributed by atoms with van der Waals surface area (Å²) < 4.78 is 33.3. The van der Waals surface area contributed by atoms with Gasteiger partial charge in [0.1, 0.15) is 5.82 Å². The zero-order chi connectivity index (χ0) is 26.2. The molecule has 0 bridgehead atoms. The molecule has 1 amide bonds. The second kappa shape index (κ2) is 10.0. The van der Waals surface area contributed by atoms with Crippen molar-refractivity contribution >= 4 is 52.0 Å². The van der Waals surface area contributed by atoms with Crippen molar-refractivity contribution in [3.05, 3.63) is 76.4 Å². The molecule has 3 aromatic carbocycles. The number of hydrogen-bond acceptors (Lipinski definition) is 5. The first-order valence-electron chi connectivity index (χ1n) is 11.2. The van der Waals surface area contributed by atoms with Gasteiger partial charge in [0, 0.05) is 26.9 Å². The first-order chi connectivity index (χ1) is 16.9. The van der Waals surface area contributed by atoms with Crippen LogP contribution in [0.15, 0.2) is 53.6 Å². The number of halogens is 3. The van der Waals surface area contributed by atoms with Gasteiger partial charge in [-0.15, -0.1) is 0 Å². The molecular formula is C27H25ClF2N4OS. The summed E-state index contributed by atoms with van der Waals surface area (Å²) in [5, 5.41) is 3.93. The van der Waals surface area contributed by atoms with Crippen molar-refractivity contribution in [2.24, 2.45) is 5.41 Å². The van der Waals surface area contributed by atoms with Crippen LogP contribution in [0.1, 0.15) is 31.9 Å². The van der Waals surface area contributed by atoms with Crippen molar-refractivity contribution in [3.63, 3.8) is 0 Å². The van der Waals surface area contributed by atoms with Crippen LogP contribution in [0, 0.1) is 30.9 Å². The third kappa shape index (κ3) is 5.44. The largest absolute Gasteiger partial charge is 0.323 e. The standard InChI is InChI=1S/C27H25ClF2N4OS/c1-14-11-22(15(2)10-18(14)28)36-34-21-9-7-19(29)23(24(21)30)16-6-8-20-17(12-16)13-31-26(32-20)33-25(35)27(3,4)5/h6-13,34H,1-5H3,(H,31,32,33,35). The molecule has 0 fully saturated rings. The second-order valence-corrected chi connectivity index (χ2v) is 10.8. The molecule has 1 aromatic heterocycles. The predicted molar refractivity (Wildman–Crippen MR) is 143 cm³/mol. The Hall–Kier alpha value is -3.23. The molecule has 2 N–H and O–H groups in total. The third-order valence-corrected chi connectivity index (χ3v) is 6.98. The lowest BCUT2D eigenvalue weighted by Gasteiger charge is -2.16. The Morgan fingerprint density at radius 1 is 1.03 bits per heavy atom. The molecule has 0 aliphatic heterocycles. The average Bonchev–Trinajstić information content (AvgIpc) is 2.81. The number of rotatable bonds is 5. The van der Waals surface area contributed by atoms with Crippen LogP contribution in [0.25, 0.3) is 22.0 Å². The molecule has 0 radical (unpaired) electrons. The molecule has 0 aliphatic carbocycles. The molecule has 9 heteroatoms. The minimum Gasteiger partial charge on any atom is -0.323 e. The molecule has 0 spiro atoms. The number of benzene rings is 3. The molecule has 0 aliphatic rings. The lowest BCUT2D eigenvalue weighted by molar-refractivity contribution is -0.123. The van der Waals surface area contributed by atoms with Crippen LogP contribution in [0.5, 0.6) is 0 Å². The minimum atomic E-state index is -0.708. The molecular weight excluding hydrogens is 502 g/mol. The van der Waals surface area contributed by atoms with Crippen LogP contribution in [-0.2, 0) is 4.79 Å². The monoisotopic (exact) mass is 526 g/mol. The van der Waals surface area contributed by atoms with E-state index in [2.05, 4.69) is 20.0 Å². The van der Waals surface area contributed by atoms with Crippen molar-refractivity contribution in [2.45, 2.75) is 39.5 Å². The Morgan fingerprint density at radius 2 is 1.78 bits per heavy atom. The summed E-state index contributed by atoms with van der Waals surface area (Å²) in [7, 11) is 0. The predicted octanol–water partition coefficient (Wildman–Crippen LogP) is 7.95. The summed E-state index contributed by atoms with van der Waals surface area (Å²) in [6, 6.07) is 11.2. The van der Waals surface area contributed by atoms with Gasteiger partial charge in [0.25, 0.3) is 0 Å². The Bertz CT molecular complexity index is 1490. The minimum absolute atomic E-state index is 0.153. The normalized spacial score (nSPS) is 11.6. The van der Waals surface area contributed by atoms with E-state index in [4.69, 9.17) is 11.6 Å². The highest BCUT2D eigenvalue weighted by molar-refractivity contribution is 8.00. The maximum atomic E-state index is 15.5. The second-order valence-electron chi connectivity index (χ2n) is 9.53. The molecule has 0 unspecified atom stereocenters. The molecule has 36 heavy (non-hydrogen) atoms. The quantitative estimate of drug-likeness (QED) is 0.258. The molecule has 0 saturated heterocycles. The van der Waals surface area contributed by atoms with Gasteiger partial charge >= 0.3 is 0 Å². The maximum absolute atomic E-state index is 15.5. The van der Waals surface area contributed by atoms with Gasteiger partial charge in [-0.05, 0) is 78.9 Å². The van der Waals surface area contributed by atoms with E-state index in [1.807, 2.05) is 26.0 Å². The zero-order valence-corrected chi connectivity index (χ0v) is 22.0. The molecule has 4 rings (SSSR count). The number of aryl methyl sites for hydroxylation is 2. The van der Waals surface area contributed by atoms with Gasteiger partial charge < -0.3 is 4.72 Å². The molecule has 0 saturated carbocycles. The van der Waals surface area contributed by atoms with Gasteiger partial charge in [0.15, 0.2) is 5.82 Å². The SMILES string of the molecule is Cc1cc(SNc2ccc(F)c(-c3ccc4nc(NC(=O)C(C)(C)C)ncc4c3)c2F)c(C)cc1Cl. The van der Waals surface area contributed by atoms with Crippen molar-refractivity contribution in [1.29, 1.82) is 0 Å². The van der Waals surface area contributed by atoms with E-state index in [1.54, 1.807) is 39.0 Å². The maximum Gasteiger partial charge on any atom is 0.232 e. The Labute approximate surface area is 217 Å². The molecule has 0 atom stereocenters. The topological polar surface area (TPSA) is 66.9 Å². The highest BCUT2D eigenvalue weighted by Crippen LogP contribution is 2.35.